The maximum Gasteiger partial charge on any atom is 0.252 e. The van der Waals surface area contributed by atoms with E-state index in [1.54, 1.807) is 30.6 Å². The molecule has 1 aliphatic heterocycles. The van der Waals surface area contributed by atoms with Crippen molar-refractivity contribution in [2.75, 3.05) is 30.6 Å². The number of carbonyl (C=O) groups is 2. The quantitative estimate of drug-likeness (QED) is 0.488. The van der Waals surface area contributed by atoms with Crippen LogP contribution in [0.2, 0.25) is 0 Å². The summed E-state index contributed by atoms with van der Waals surface area (Å²) in [7, 11) is 4.10. The molecule has 172 valence electrons. The highest BCUT2D eigenvalue weighted by molar-refractivity contribution is 7.99. The van der Waals surface area contributed by atoms with Gasteiger partial charge in [-0.2, -0.15) is 0 Å². The lowest BCUT2D eigenvalue weighted by atomic mass is 9.85. The molecule has 3 rings (SSSR count). The van der Waals surface area contributed by atoms with E-state index in [1.165, 1.54) is 43.4 Å². The number of nitrogens with zero attached hydrogens (tertiary/aromatic N) is 1. The van der Waals surface area contributed by atoms with Gasteiger partial charge in [-0.1, -0.05) is 31.4 Å². The Bertz CT molecular complexity index is 717. The standard InChI is InChI=1S/C23H36N4O2S2/c1-16(25-23(29)20-14-30-15-24-20)22(28)26-31-21(18-7-5-4-6-8-18)13-17-9-11-19(12-10-17)27(2)3/h9-12,16,18,20-21,24H,4-8,13-15H2,1-3H3,(H,25,29)(H,26,28)/t16-,20+,21?/m1/s1. The summed E-state index contributed by atoms with van der Waals surface area (Å²) in [4.78, 5) is 27.1. The van der Waals surface area contributed by atoms with Gasteiger partial charge in [-0.25, -0.2) is 0 Å². The lowest BCUT2D eigenvalue weighted by molar-refractivity contribution is -0.128. The van der Waals surface area contributed by atoms with Crippen molar-refractivity contribution in [1.82, 2.24) is 15.4 Å². The Kier molecular flexibility index (Phi) is 9.41. The molecule has 1 heterocycles. The zero-order chi connectivity index (χ0) is 22.2. The molecule has 0 radical (unpaired) electrons. The molecule has 1 aromatic carbocycles. The number of hydrogen-bond donors (Lipinski definition) is 3. The minimum atomic E-state index is -0.543. The molecule has 1 unspecified atom stereocenters. The minimum absolute atomic E-state index is 0.0949. The number of hydrogen-bond acceptors (Lipinski definition) is 6. The summed E-state index contributed by atoms with van der Waals surface area (Å²) in [6, 6.07) is 7.96. The molecule has 3 N–H and O–H groups in total. The third-order valence-corrected chi connectivity index (χ3v) is 8.27. The highest BCUT2D eigenvalue weighted by atomic mass is 32.2. The molecule has 0 aromatic heterocycles. The van der Waals surface area contributed by atoms with Crippen molar-refractivity contribution < 1.29 is 9.59 Å². The Labute approximate surface area is 195 Å². The number of amides is 2. The van der Waals surface area contributed by atoms with Gasteiger partial charge >= 0.3 is 0 Å². The second kappa shape index (κ2) is 12.0. The first-order valence-corrected chi connectivity index (χ1v) is 13.3. The van der Waals surface area contributed by atoms with E-state index in [-0.39, 0.29) is 17.9 Å². The first-order valence-electron chi connectivity index (χ1n) is 11.3. The van der Waals surface area contributed by atoms with Gasteiger partial charge < -0.3 is 10.2 Å². The molecule has 8 heteroatoms. The van der Waals surface area contributed by atoms with E-state index in [2.05, 4.69) is 44.5 Å². The SMILES string of the molecule is C[C@@H](NC(=O)[C@@H]1CSCN1)C(=O)NSC(Cc1ccc(N(C)C)cc1)C1CCCCC1. The topological polar surface area (TPSA) is 73.5 Å². The van der Waals surface area contributed by atoms with Crippen LogP contribution in [0.4, 0.5) is 5.69 Å². The van der Waals surface area contributed by atoms with Crippen molar-refractivity contribution in [3.8, 4) is 0 Å². The molecule has 2 amide bonds. The van der Waals surface area contributed by atoms with Gasteiger partial charge in [0, 0.05) is 36.7 Å². The Balaban J connectivity index is 1.56. The maximum atomic E-state index is 12.7. The van der Waals surface area contributed by atoms with Crippen LogP contribution in [0, 0.1) is 5.92 Å². The highest BCUT2D eigenvalue weighted by Gasteiger charge is 2.28. The van der Waals surface area contributed by atoms with Crippen molar-refractivity contribution in [2.24, 2.45) is 5.92 Å². The van der Waals surface area contributed by atoms with Gasteiger partial charge in [0.25, 0.3) is 5.91 Å². The molecule has 1 saturated heterocycles. The van der Waals surface area contributed by atoms with E-state index in [0.29, 0.717) is 11.2 Å². The fourth-order valence-corrected chi connectivity index (χ4v) is 6.26. The first-order chi connectivity index (χ1) is 14.9. The number of nitrogens with one attached hydrogen (secondary N) is 3. The predicted molar refractivity (Wildman–Crippen MR) is 132 cm³/mol. The van der Waals surface area contributed by atoms with Gasteiger partial charge in [-0.15, -0.1) is 11.8 Å². The van der Waals surface area contributed by atoms with Crippen LogP contribution < -0.4 is 20.3 Å². The summed E-state index contributed by atoms with van der Waals surface area (Å²) in [6.45, 7) is 1.76. The van der Waals surface area contributed by atoms with Gasteiger partial charge in [-0.05, 0) is 61.7 Å². The van der Waals surface area contributed by atoms with Crippen LogP contribution in [0.25, 0.3) is 0 Å². The van der Waals surface area contributed by atoms with Crippen LogP contribution in [-0.2, 0) is 16.0 Å². The zero-order valence-corrected chi connectivity index (χ0v) is 20.5. The van der Waals surface area contributed by atoms with Crippen molar-refractivity contribution in [3.05, 3.63) is 29.8 Å². The number of benzene rings is 1. The van der Waals surface area contributed by atoms with Crippen LogP contribution in [0.15, 0.2) is 24.3 Å². The molecule has 1 saturated carbocycles. The third-order valence-electron chi connectivity index (χ3n) is 6.16. The lowest BCUT2D eigenvalue weighted by Crippen LogP contribution is -2.50. The Morgan fingerprint density at radius 1 is 1.19 bits per heavy atom. The summed E-state index contributed by atoms with van der Waals surface area (Å²) in [5.41, 5.74) is 2.49. The van der Waals surface area contributed by atoms with Crippen LogP contribution >= 0.6 is 23.7 Å². The van der Waals surface area contributed by atoms with Crippen molar-refractivity contribution in [2.45, 2.75) is 62.8 Å². The summed E-state index contributed by atoms with van der Waals surface area (Å²) in [5, 5.41) is 6.33. The van der Waals surface area contributed by atoms with Gasteiger partial charge in [0.15, 0.2) is 0 Å². The molecule has 6 nitrogen and oxygen atoms in total. The molecule has 1 aliphatic carbocycles. The van der Waals surface area contributed by atoms with E-state index in [4.69, 9.17) is 0 Å². The molecule has 0 spiro atoms. The Hall–Kier alpha value is -1.38. The smallest absolute Gasteiger partial charge is 0.252 e. The largest absolute Gasteiger partial charge is 0.378 e. The van der Waals surface area contributed by atoms with E-state index >= 15 is 0 Å². The second-order valence-electron chi connectivity index (χ2n) is 8.79. The average molecular weight is 465 g/mol. The monoisotopic (exact) mass is 464 g/mol. The Morgan fingerprint density at radius 2 is 1.90 bits per heavy atom. The fourth-order valence-electron chi connectivity index (χ4n) is 4.14. The van der Waals surface area contributed by atoms with E-state index in [1.807, 2.05) is 14.1 Å². The molecule has 1 aromatic rings. The highest BCUT2D eigenvalue weighted by Crippen LogP contribution is 2.34. The van der Waals surface area contributed by atoms with Crippen LogP contribution in [0.1, 0.15) is 44.6 Å². The normalized spacial score (nSPS) is 21.3. The van der Waals surface area contributed by atoms with E-state index < -0.39 is 6.04 Å². The summed E-state index contributed by atoms with van der Waals surface area (Å²) >= 11 is 3.25. The summed E-state index contributed by atoms with van der Waals surface area (Å²) in [5.74, 6) is 1.92. The average Bonchev–Trinajstić information content (AvgIpc) is 3.32. The molecule has 2 aliphatic rings. The van der Waals surface area contributed by atoms with Gasteiger partial charge in [-0.3, -0.25) is 19.6 Å². The number of rotatable bonds is 9. The van der Waals surface area contributed by atoms with Gasteiger partial charge in [0.2, 0.25) is 5.91 Å². The minimum Gasteiger partial charge on any atom is -0.378 e. The molecule has 0 bridgehead atoms. The van der Waals surface area contributed by atoms with Gasteiger partial charge in [0.05, 0.1) is 6.04 Å². The lowest BCUT2D eigenvalue weighted by Gasteiger charge is -2.30. The summed E-state index contributed by atoms with van der Waals surface area (Å²) < 4.78 is 3.05. The number of thioether (sulfide) groups is 1. The van der Waals surface area contributed by atoms with Crippen molar-refractivity contribution in [3.63, 3.8) is 0 Å². The van der Waals surface area contributed by atoms with E-state index in [0.717, 1.165) is 18.1 Å². The molecule has 3 atom stereocenters. The molecule has 2 fully saturated rings. The van der Waals surface area contributed by atoms with Crippen LogP contribution in [-0.4, -0.2) is 54.9 Å². The fraction of sp³-hybridized carbons (Fsp3) is 0.652. The zero-order valence-electron chi connectivity index (χ0n) is 18.9. The number of anilines is 1. The molecular weight excluding hydrogens is 428 g/mol. The van der Waals surface area contributed by atoms with Gasteiger partial charge in [0.1, 0.15) is 6.04 Å². The Morgan fingerprint density at radius 3 is 2.52 bits per heavy atom. The third kappa shape index (κ3) is 7.32. The van der Waals surface area contributed by atoms with Crippen molar-refractivity contribution >= 4 is 41.2 Å². The van der Waals surface area contributed by atoms with Crippen LogP contribution in [0.3, 0.4) is 0 Å². The predicted octanol–water partition coefficient (Wildman–Crippen LogP) is 3.18. The van der Waals surface area contributed by atoms with E-state index in [9.17, 15) is 9.59 Å². The number of carbonyl (C=O) groups excluding carboxylic acids is 2. The van der Waals surface area contributed by atoms with Crippen molar-refractivity contribution in [1.29, 1.82) is 0 Å². The molecule has 31 heavy (non-hydrogen) atoms. The second-order valence-corrected chi connectivity index (χ2v) is 10.9. The first kappa shape index (κ1) is 24.3. The molecular formula is C23H36N4O2S2. The summed E-state index contributed by atoms with van der Waals surface area (Å²) in [6.07, 6.45) is 7.24. The maximum absolute atomic E-state index is 12.7. The van der Waals surface area contributed by atoms with Crippen LogP contribution in [0.5, 0.6) is 0 Å².